The van der Waals surface area contributed by atoms with Crippen molar-refractivity contribution in [3.8, 4) is 16.9 Å². The molecule has 1 heterocycles. The van der Waals surface area contributed by atoms with E-state index in [0.717, 1.165) is 33.6 Å². The van der Waals surface area contributed by atoms with Crippen molar-refractivity contribution in [1.29, 1.82) is 0 Å². The maximum atomic E-state index is 12.1. The standard InChI is InChI=1S/C24H21Cl2NO3/c1-15-10-17-12-18(14-29-24(28)27-13-16-6-3-2-4-7-16)30-23(17)19(11-15)22-20(25)8-5-9-21(22)26/h2-11,18H,12-14H2,1H3,(H,27,28). The molecule has 0 spiro atoms. The summed E-state index contributed by atoms with van der Waals surface area (Å²) < 4.78 is 11.5. The Morgan fingerprint density at radius 3 is 2.57 bits per heavy atom. The fourth-order valence-corrected chi connectivity index (χ4v) is 4.22. The van der Waals surface area contributed by atoms with Crippen LogP contribution in [-0.4, -0.2) is 18.8 Å². The first-order valence-corrected chi connectivity index (χ1v) is 10.5. The van der Waals surface area contributed by atoms with Crippen molar-refractivity contribution in [2.45, 2.75) is 26.0 Å². The molecule has 1 atom stereocenters. The van der Waals surface area contributed by atoms with Crippen LogP contribution in [0.3, 0.4) is 0 Å². The van der Waals surface area contributed by atoms with E-state index >= 15 is 0 Å². The van der Waals surface area contributed by atoms with Gasteiger partial charge in [0.15, 0.2) is 0 Å². The van der Waals surface area contributed by atoms with Gasteiger partial charge in [0, 0.05) is 24.1 Å². The smallest absolute Gasteiger partial charge is 0.407 e. The zero-order valence-electron chi connectivity index (χ0n) is 16.5. The van der Waals surface area contributed by atoms with Crippen molar-refractivity contribution in [2.75, 3.05) is 6.61 Å². The number of benzene rings is 3. The van der Waals surface area contributed by atoms with Crippen molar-refractivity contribution in [3.05, 3.63) is 87.4 Å². The van der Waals surface area contributed by atoms with E-state index in [0.29, 0.717) is 23.0 Å². The number of nitrogens with one attached hydrogen (secondary N) is 1. The van der Waals surface area contributed by atoms with Gasteiger partial charge in [0.1, 0.15) is 18.5 Å². The van der Waals surface area contributed by atoms with Gasteiger partial charge in [0.2, 0.25) is 0 Å². The van der Waals surface area contributed by atoms with E-state index in [1.807, 2.05) is 61.5 Å². The number of alkyl carbamates (subject to hydrolysis) is 1. The maximum Gasteiger partial charge on any atom is 0.407 e. The van der Waals surface area contributed by atoms with Gasteiger partial charge in [0.25, 0.3) is 0 Å². The summed E-state index contributed by atoms with van der Waals surface area (Å²) in [5, 5.41) is 3.89. The molecule has 0 aromatic heterocycles. The average molecular weight is 442 g/mol. The lowest BCUT2D eigenvalue weighted by molar-refractivity contribution is 0.0924. The molecule has 4 rings (SSSR count). The van der Waals surface area contributed by atoms with Crippen LogP contribution in [0.15, 0.2) is 60.7 Å². The Hall–Kier alpha value is -2.69. The van der Waals surface area contributed by atoms with Crippen molar-refractivity contribution in [2.24, 2.45) is 0 Å². The second-order valence-corrected chi connectivity index (χ2v) is 8.09. The highest BCUT2D eigenvalue weighted by atomic mass is 35.5. The number of carbonyl (C=O) groups excluding carboxylic acids is 1. The minimum absolute atomic E-state index is 0.157. The van der Waals surface area contributed by atoms with Crippen LogP contribution in [0.5, 0.6) is 5.75 Å². The molecule has 6 heteroatoms. The number of fused-ring (bicyclic) bond motifs is 1. The number of hydrogen-bond donors (Lipinski definition) is 1. The Morgan fingerprint density at radius 2 is 1.83 bits per heavy atom. The van der Waals surface area contributed by atoms with Crippen molar-refractivity contribution in [3.63, 3.8) is 0 Å². The van der Waals surface area contributed by atoms with Crippen LogP contribution < -0.4 is 10.1 Å². The summed E-state index contributed by atoms with van der Waals surface area (Å²) in [4.78, 5) is 12.1. The van der Waals surface area contributed by atoms with Crippen LogP contribution in [-0.2, 0) is 17.7 Å². The Balaban J connectivity index is 1.43. The first kappa shape index (κ1) is 20.6. The summed E-state index contributed by atoms with van der Waals surface area (Å²) in [6, 6.07) is 19.2. The van der Waals surface area contributed by atoms with E-state index in [4.69, 9.17) is 32.7 Å². The zero-order chi connectivity index (χ0) is 21.1. The Bertz CT molecular complexity index is 1050. The topological polar surface area (TPSA) is 47.6 Å². The van der Waals surface area contributed by atoms with Gasteiger partial charge >= 0.3 is 6.09 Å². The predicted molar refractivity (Wildman–Crippen MR) is 119 cm³/mol. The van der Waals surface area contributed by atoms with Crippen LogP contribution in [0.1, 0.15) is 16.7 Å². The van der Waals surface area contributed by atoms with Gasteiger partial charge in [-0.25, -0.2) is 4.79 Å². The fourth-order valence-electron chi connectivity index (χ4n) is 3.62. The third-order valence-corrected chi connectivity index (χ3v) is 5.58. The van der Waals surface area contributed by atoms with Gasteiger partial charge in [-0.05, 0) is 41.8 Å². The maximum absolute atomic E-state index is 12.1. The highest BCUT2D eigenvalue weighted by Crippen LogP contribution is 2.44. The summed E-state index contributed by atoms with van der Waals surface area (Å²) in [5.41, 5.74) is 4.76. The second-order valence-electron chi connectivity index (χ2n) is 7.28. The molecular weight excluding hydrogens is 421 g/mol. The molecule has 0 aliphatic carbocycles. The minimum Gasteiger partial charge on any atom is -0.486 e. The monoisotopic (exact) mass is 441 g/mol. The minimum atomic E-state index is -0.469. The van der Waals surface area contributed by atoms with E-state index < -0.39 is 6.09 Å². The lowest BCUT2D eigenvalue weighted by Crippen LogP contribution is -2.29. The van der Waals surface area contributed by atoms with E-state index in [2.05, 4.69) is 11.4 Å². The number of ether oxygens (including phenoxy) is 2. The lowest BCUT2D eigenvalue weighted by atomic mass is 9.98. The third-order valence-electron chi connectivity index (χ3n) is 4.95. The van der Waals surface area contributed by atoms with Crippen molar-refractivity contribution < 1.29 is 14.3 Å². The quantitative estimate of drug-likeness (QED) is 0.512. The summed E-state index contributed by atoms with van der Waals surface area (Å²) in [6.45, 7) is 2.60. The summed E-state index contributed by atoms with van der Waals surface area (Å²) in [6.07, 6.45) is -0.0776. The summed E-state index contributed by atoms with van der Waals surface area (Å²) in [7, 11) is 0. The zero-order valence-corrected chi connectivity index (χ0v) is 18.0. The molecule has 1 unspecified atom stereocenters. The van der Waals surface area contributed by atoms with Crippen LogP contribution in [0, 0.1) is 6.92 Å². The van der Waals surface area contributed by atoms with Gasteiger partial charge in [-0.2, -0.15) is 0 Å². The first-order valence-electron chi connectivity index (χ1n) is 9.70. The highest BCUT2D eigenvalue weighted by Gasteiger charge is 2.28. The van der Waals surface area contributed by atoms with Crippen LogP contribution in [0.25, 0.3) is 11.1 Å². The number of rotatable bonds is 5. The molecule has 3 aromatic rings. The van der Waals surface area contributed by atoms with Crippen molar-refractivity contribution in [1.82, 2.24) is 5.32 Å². The molecule has 0 saturated carbocycles. The number of carbonyl (C=O) groups is 1. The molecule has 154 valence electrons. The average Bonchev–Trinajstić information content (AvgIpc) is 3.14. The van der Waals surface area contributed by atoms with Crippen molar-refractivity contribution >= 4 is 29.3 Å². The second kappa shape index (κ2) is 8.99. The predicted octanol–water partition coefficient (Wildman–Crippen LogP) is 6.20. The molecule has 0 bridgehead atoms. The first-order chi connectivity index (χ1) is 14.5. The lowest BCUT2D eigenvalue weighted by Gasteiger charge is -2.15. The summed E-state index contributed by atoms with van der Waals surface area (Å²) in [5.74, 6) is 0.744. The number of aryl methyl sites for hydroxylation is 1. The van der Waals surface area contributed by atoms with Crippen LogP contribution in [0.2, 0.25) is 10.0 Å². The van der Waals surface area contributed by atoms with Gasteiger partial charge in [-0.3, -0.25) is 0 Å². The van der Waals surface area contributed by atoms with E-state index in [9.17, 15) is 4.79 Å². The Kier molecular flexibility index (Phi) is 6.16. The van der Waals surface area contributed by atoms with Crippen LogP contribution >= 0.6 is 23.2 Å². The molecule has 0 saturated heterocycles. The molecule has 0 radical (unpaired) electrons. The van der Waals surface area contributed by atoms with Gasteiger partial charge in [-0.15, -0.1) is 0 Å². The molecule has 1 aliphatic heterocycles. The van der Waals surface area contributed by atoms with Gasteiger partial charge < -0.3 is 14.8 Å². The summed E-state index contributed by atoms with van der Waals surface area (Å²) >= 11 is 12.8. The van der Waals surface area contributed by atoms with E-state index in [1.54, 1.807) is 0 Å². The fraction of sp³-hybridized carbons (Fsp3) is 0.208. The molecule has 1 amide bonds. The molecule has 1 aliphatic rings. The molecular formula is C24H21Cl2NO3. The Morgan fingerprint density at radius 1 is 1.10 bits per heavy atom. The van der Waals surface area contributed by atoms with Crippen LogP contribution in [0.4, 0.5) is 4.79 Å². The molecule has 0 fully saturated rings. The molecule has 1 N–H and O–H groups in total. The molecule has 30 heavy (non-hydrogen) atoms. The van der Waals surface area contributed by atoms with Gasteiger partial charge in [-0.1, -0.05) is 65.7 Å². The number of amides is 1. The highest BCUT2D eigenvalue weighted by molar-refractivity contribution is 6.39. The largest absolute Gasteiger partial charge is 0.486 e. The van der Waals surface area contributed by atoms with E-state index in [-0.39, 0.29) is 12.7 Å². The molecule has 4 nitrogen and oxygen atoms in total. The number of hydrogen-bond acceptors (Lipinski definition) is 3. The van der Waals surface area contributed by atoms with E-state index in [1.165, 1.54) is 0 Å². The van der Waals surface area contributed by atoms with Gasteiger partial charge in [0.05, 0.1) is 10.0 Å². The normalized spacial score (nSPS) is 14.7. The SMILES string of the molecule is Cc1cc2c(c(-c3c(Cl)cccc3Cl)c1)OC(COC(=O)NCc1ccccc1)C2. The number of halogens is 2. The third kappa shape index (κ3) is 4.55. The Labute approximate surface area is 185 Å². The molecule has 3 aromatic carbocycles.